The van der Waals surface area contributed by atoms with Crippen molar-refractivity contribution >= 4 is 0 Å². The van der Waals surface area contributed by atoms with Crippen LogP contribution in [-0.2, 0) is 4.74 Å². The van der Waals surface area contributed by atoms with E-state index in [1.807, 2.05) is 6.92 Å². The van der Waals surface area contributed by atoms with Gasteiger partial charge in [0.1, 0.15) is 12.3 Å². The molecule has 0 aliphatic rings. The van der Waals surface area contributed by atoms with Crippen LogP contribution in [0.15, 0.2) is 17.8 Å². The van der Waals surface area contributed by atoms with Crippen LogP contribution in [0.25, 0.3) is 10.4 Å². The van der Waals surface area contributed by atoms with Gasteiger partial charge in [-0.25, -0.2) is 4.39 Å². The van der Waals surface area contributed by atoms with Gasteiger partial charge in [0.25, 0.3) is 0 Å². The lowest BCUT2D eigenvalue weighted by molar-refractivity contribution is 0.0305. The maximum Gasteiger partial charge on any atom is 0.135 e. The molecule has 0 fully saturated rings. The Bertz CT molecular complexity index is 204. The fraction of sp³-hybridized carbons (Fsp3) is 0.778. The van der Waals surface area contributed by atoms with E-state index in [9.17, 15) is 4.39 Å². The highest BCUT2D eigenvalue weighted by Gasteiger charge is 2.17. The molecular weight excluding hydrogens is 185 g/mol. The van der Waals surface area contributed by atoms with Crippen molar-refractivity contribution in [2.75, 3.05) is 13.2 Å². The van der Waals surface area contributed by atoms with Gasteiger partial charge in [0.05, 0.1) is 6.54 Å². The second kappa shape index (κ2) is 8.53. The Hall–Kier alpha value is -1.06. The Morgan fingerprint density at radius 1 is 1.71 bits per heavy atom. The summed E-state index contributed by atoms with van der Waals surface area (Å²) in [5.74, 6) is 0. The summed E-state index contributed by atoms with van der Waals surface area (Å²) >= 11 is 0. The van der Waals surface area contributed by atoms with Gasteiger partial charge in [0.2, 0.25) is 0 Å². The maximum atomic E-state index is 13.2. The summed E-state index contributed by atoms with van der Waals surface area (Å²) in [5.41, 5.74) is 8.01. The number of rotatable bonds is 8. The van der Waals surface area contributed by atoms with Crippen molar-refractivity contribution in [3.05, 3.63) is 23.1 Å². The predicted octanol–water partition coefficient (Wildman–Crippen LogP) is 3.01. The normalized spacial score (nSPS) is 14.1. The average Bonchev–Trinajstić information content (AvgIpc) is 2.21. The van der Waals surface area contributed by atoms with E-state index in [1.54, 1.807) is 0 Å². The quantitative estimate of drug-likeness (QED) is 0.196. The third kappa shape index (κ3) is 5.56. The number of hydrogen-bond acceptors (Lipinski definition) is 2. The largest absolute Gasteiger partial charge is 0.371 e. The van der Waals surface area contributed by atoms with Crippen LogP contribution in [-0.4, -0.2) is 25.4 Å². The van der Waals surface area contributed by atoms with E-state index in [0.29, 0.717) is 6.61 Å². The van der Waals surface area contributed by atoms with Crippen LogP contribution in [0, 0.1) is 0 Å². The van der Waals surface area contributed by atoms with Crippen LogP contribution < -0.4 is 0 Å². The van der Waals surface area contributed by atoms with Gasteiger partial charge in [-0.15, -0.1) is 6.58 Å². The molecule has 0 aromatic heterocycles. The van der Waals surface area contributed by atoms with Crippen LogP contribution in [0.2, 0.25) is 0 Å². The highest BCUT2D eigenvalue weighted by atomic mass is 19.1. The SMILES string of the molecule is C=C[C@@H](OCCCC)[C@H](F)CN=[N+]=[N-]. The summed E-state index contributed by atoms with van der Waals surface area (Å²) < 4.78 is 18.4. The standard InChI is InChI=1S/C9H16FN3O/c1-3-5-6-14-9(4-2)8(10)7-12-13-11/h4,8-9H,2-3,5-7H2,1H3/t8-,9-/m1/s1. The predicted molar refractivity (Wildman–Crippen MR) is 53.8 cm³/mol. The Morgan fingerprint density at radius 2 is 2.43 bits per heavy atom. The molecule has 4 nitrogen and oxygen atoms in total. The van der Waals surface area contributed by atoms with E-state index in [4.69, 9.17) is 10.3 Å². The first-order chi connectivity index (χ1) is 6.76. The molecule has 0 amide bonds. The minimum Gasteiger partial charge on any atom is -0.371 e. The van der Waals surface area contributed by atoms with Crippen LogP contribution in [0.1, 0.15) is 19.8 Å². The highest BCUT2D eigenvalue weighted by Crippen LogP contribution is 2.07. The zero-order valence-corrected chi connectivity index (χ0v) is 8.40. The summed E-state index contributed by atoms with van der Waals surface area (Å²) in [6.45, 7) is 5.79. The molecule has 0 radical (unpaired) electrons. The number of azide groups is 1. The van der Waals surface area contributed by atoms with E-state index in [0.717, 1.165) is 12.8 Å². The van der Waals surface area contributed by atoms with Crippen molar-refractivity contribution in [3.63, 3.8) is 0 Å². The van der Waals surface area contributed by atoms with E-state index >= 15 is 0 Å². The van der Waals surface area contributed by atoms with Crippen LogP contribution in [0.3, 0.4) is 0 Å². The summed E-state index contributed by atoms with van der Waals surface area (Å²) in [5, 5.41) is 3.15. The number of unbranched alkanes of at least 4 members (excludes halogenated alkanes) is 1. The fourth-order valence-electron chi connectivity index (χ4n) is 0.902. The minimum atomic E-state index is -1.31. The summed E-state index contributed by atoms with van der Waals surface area (Å²) in [7, 11) is 0. The number of nitrogens with zero attached hydrogens (tertiary/aromatic N) is 3. The Labute approximate surface area is 83.4 Å². The van der Waals surface area contributed by atoms with Crippen molar-refractivity contribution in [1.82, 2.24) is 0 Å². The average molecular weight is 201 g/mol. The molecule has 5 heteroatoms. The third-order valence-electron chi connectivity index (χ3n) is 1.72. The zero-order valence-electron chi connectivity index (χ0n) is 8.40. The molecule has 80 valence electrons. The number of halogens is 1. The van der Waals surface area contributed by atoms with E-state index in [2.05, 4.69) is 16.6 Å². The molecule has 0 N–H and O–H groups in total. The molecule has 0 saturated heterocycles. The molecule has 0 saturated carbocycles. The Balaban J connectivity index is 3.85. The van der Waals surface area contributed by atoms with Gasteiger partial charge in [0, 0.05) is 11.5 Å². The molecule has 0 heterocycles. The van der Waals surface area contributed by atoms with Crippen molar-refractivity contribution in [2.24, 2.45) is 5.11 Å². The molecule has 2 atom stereocenters. The second-order valence-electron chi connectivity index (χ2n) is 2.85. The summed E-state index contributed by atoms with van der Waals surface area (Å²) in [6.07, 6.45) is 1.30. The first-order valence-electron chi connectivity index (χ1n) is 4.65. The summed E-state index contributed by atoms with van der Waals surface area (Å²) in [6, 6.07) is 0. The molecule has 0 aliphatic carbocycles. The van der Waals surface area contributed by atoms with Crippen molar-refractivity contribution in [2.45, 2.75) is 32.0 Å². The monoisotopic (exact) mass is 201 g/mol. The highest BCUT2D eigenvalue weighted by molar-refractivity contribution is 4.87. The molecule has 0 aliphatic heterocycles. The lowest BCUT2D eigenvalue weighted by Gasteiger charge is -2.16. The van der Waals surface area contributed by atoms with Crippen LogP contribution >= 0.6 is 0 Å². The topological polar surface area (TPSA) is 58.0 Å². The molecule has 0 spiro atoms. The number of hydrogen-bond donors (Lipinski definition) is 0. The first kappa shape index (κ1) is 12.9. The zero-order chi connectivity index (χ0) is 10.8. The minimum absolute atomic E-state index is 0.209. The molecule has 0 aromatic carbocycles. The Kier molecular flexibility index (Phi) is 7.89. The van der Waals surface area contributed by atoms with Crippen molar-refractivity contribution in [3.8, 4) is 0 Å². The van der Waals surface area contributed by atoms with Gasteiger partial charge in [-0.05, 0) is 12.0 Å². The maximum absolute atomic E-state index is 13.2. The molecular formula is C9H16FN3O. The molecule has 0 aromatic rings. The second-order valence-corrected chi connectivity index (χ2v) is 2.85. The van der Waals surface area contributed by atoms with Gasteiger partial charge < -0.3 is 4.74 Å². The van der Waals surface area contributed by atoms with Gasteiger partial charge in [-0.1, -0.05) is 24.5 Å². The lowest BCUT2D eigenvalue weighted by Crippen LogP contribution is -2.26. The third-order valence-corrected chi connectivity index (χ3v) is 1.72. The molecule has 0 rings (SSSR count). The molecule has 0 unspecified atom stereocenters. The van der Waals surface area contributed by atoms with Crippen molar-refractivity contribution < 1.29 is 9.13 Å². The molecule has 14 heavy (non-hydrogen) atoms. The van der Waals surface area contributed by atoms with Gasteiger partial charge in [-0.2, -0.15) is 0 Å². The Morgan fingerprint density at radius 3 is 2.93 bits per heavy atom. The van der Waals surface area contributed by atoms with E-state index in [-0.39, 0.29) is 6.54 Å². The summed E-state index contributed by atoms with van der Waals surface area (Å²) in [4.78, 5) is 2.48. The van der Waals surface area contributed by atoms with Gasteiger partial charge in [0.15, 0.2) is 0 Å². The van der Waals surface area contributed by atoms with Gasteiger partial charge >= 0.3 is 0 Å². The smallest absolute Gasteiger partial charge is 0.135 e. The fourth-order valence-corrected chi connectivity index (χ4v) is 0.902. The van der Waals surface area contributed by atoms with Gasteiger partial charge in [-0.3, -0.25) is 0 Å². The van der Waals surface area contributed by atoms with Crippen LogP contribution in [0.5, 0.6) is 0 Å². The number of ether oxygens (including phenoxy) is 1. The van der Waals surface area contributed by atoms with Crippen molar-refractivity contribution in [1.29, 1.82) is 0 Å². The van der Waals surface area contributed by atoms with E-state index < -0.39 is 12.3 Å². The first-order valence-corrected chi connectivity index (χ1v) is 4.65. The van der Waals surface area contributed by atoms with E-state index in [1.165, 1.54) is 6.08 Å². The van der Waals surface area contributed by atoms with Crippen LogP contribution in [0.4, 0.5) is 4.39 Å². The number of alkyl halides is 1. The molecule has 0 bridgehead atoms. The lowest BCUT2D eigenvalue weighted by atomic mass is 10.2.